The quantitative estimate of drug-likeness (QED) is 0.356. The van der Waals surface area contributed by atoms with E-state index in [4.69, 9.17) is 4.74 Å². The lowest BCUT2D eigenvalue weighted by atomic mass is 10.1. The molecule has 6 nitrogen and oxygen atoms in total. The number of anilines is 1. The Bertz CT molecular complexity index is 1020. The summed E-state index contributed by atoms with van der Waals surface area (Å²) in [7, 11) is 0. The topological polar surface area (TPSA) is 72.7 Å². The van der Waals surface area contributed by atoms with E-state index in [9.17, 15) is 14.9 Å². The smallest absolute Gasteiger partial charge is 0.338 e. The summed E-state index contributed by atoms with van der Waals surface area (Å²) >= 11 is 0. The fourth-order valence-electron chi connectivity index (χ4n) is 3.66. The van der Waals surface area contributed by atoms with E-state index >= 15 is 0 Å². The fraction of sp³-hybridized carbons (Fsp3) is 0.174. The average molecular weight is 388 g/mol. The normalized spacial score (nSPS) is 15.0. The summed E-state index contributed by atoms with van der Waals surface area (Å²) < 4.78 is 5.57. The highest BCUT2D eigenvalue weighted by Crippen LogP contribution is 2.36. The zero-order valence-corrected chi connectivity index (χ0v) is 15.7. The number of nitro benzene ring substituents is 1. The lowest BCUT2D eigenvalue weighted by Gasteiger charge is -2.27. The highest BCUT2D eigenvalue weighted by molar-refractivity contribution is 5.89. The SMILES string of the molecule is O=C(OC[C@H]1Cc2cc([N+](=O)[O-])ccc2N1Cc1ccccc1)c1ccccc1. The molecule has 0 N–H and O–H groups in total. The van der Waals surface area contributed by atoms with Crippen molar-refractivity contribution in [2.24, 2.45) is 0 Å². The van der Waals surface area contributed by atoms with E-state index < -0.39 is 0 Å². The van der Waals surface area contributed by atoms with Crippen molar-refractivity contribution in [1.29, 1.82) is 0 Å². The second kappa shape index (κ2) is 8.14. The number of nitro groups is 1. The molecule has 0 aliphatic carbocycles. The number of hydrogen-bond donors (Lipinski definition) is 0. The summed E-state index contributed by atoms with van der Waals surface area (Å²) in [5.41, 5.74) is 3.55. The Kier molecular flexibility index (Phi) is 5.24. The van der Waals surface area contributed by atoms with Crippen molar-refractivity contribution < 1.29 is 14.5 Å². The molecule has 1 atom stereocenters. The molecule has 4 rings (SSSR count). The molecule has 0 amide bonds. The maximum Gasteiger partial charge on any atom is 0.338 e. The summed E-state index contributed by atoms with van der Waals surface area (Å²) in [6, 6.07) is 23.7. The van der Waals surface area contributed by atoms with Crippen LogP contribution in [0.1, 0.15) is 21.5 Å². The van der Waals surface area contributed by atoms with Gasteiger partial charge in [-0.25, -0.2) is 4.79 Å². The van der Waals surface area contributed by atoms with Crippen molar-refractivity contribution in [3.63, 3.8) is 0 Å². The van der Waals surface area contributed by atoms with Gasteiger partial charge in [0.2, 0.25) is 0 Å². The number of rotatable bonds is 6. The van der Waals surface area contributed by atoms with Crippen molar-refractivity contribution >= 4 is 17.3 Å². The largest absolute Gasteiger partial charge is 0.460 e. The van der Waals surface area contributed by atoms with Crippen LogP contribution in [0.5, 0.6) is 0 Å². The molecule has 3 aromatic carbocycles. The van der Waals surface area contributed by atoms with Crippen LogP contribution < -0.4 is 4.90 Å². The monoisotopic (exact) mass is 388 g/mol. The zero-order valence-electron chi connectivity index (χ0n) is 15.7. The van der Waals surface area contributed by atoms with Gasteiger partial charge in [0.25, 0.3) is 5.69 Å². The van der Waals surface area contributed by atoms with Crippen LogP contribution in [-0.4, -0.2) is 23.5 Å². The lowest BCUT2D eigenvalue weighted by Crippen LogP contribution is -2.36. The number of carbonyl (C=O) groups excluding carboxylic acids is 1. The van der Waals surface area contributed by atoms with Crippen LogP contribution in [0.15, 0.2) is 78.9 Å². The van der Waals surface area contributed by atoms with Gasteiger partial charge in [0.1, 0.15) is 6.61 Å². The number of nitrogens with zero attached hydrogens (tertiary/aromatic N) is 2. The van der Waals surface area contributed by atoms with Gasteiger partial charge in [-0.3, -0.25) is 10.1 Å². The molecule has 1 aliphatic rings. The van der Waals surface area contributed by atoms with Crippen molar-refractivity contribution in [3.8, 4) is 0 Å². The van der Waals surface area contributed by atoms with Crippen LogP contribution in [-0.2, 0) is 17.7 Å². The Hall–Kier alpha value is -3.67. The highest BCUT2D eigenvalue weighted by Gasteiger charge is 2.31. The Morgan fingerprint density at radius 3 is 2.41 bits per heavy atom. The second-order valence-electron chi connectivity index (χ2n) is 7.01. The van der Waals surface area contributed by atoms with E-state index in [-0.39, 0.29) is 29.2 Å². The summed E-state index contributed by atoms with van der Waals surface area (Å²) in [5, 5.41) is 11.1. The summed E-state index contributed by atoms with van der Waals surface area (Å²) in [6.45, 7) is 0.849. The van der Waals surface area contributed by atoms with E-state index in [2.05, 4.69) is 4.90 Å². The number of non-ortho nitro benzene ring substituents is 1. The first-order chi connectivity index (χ1) is 14.1. The Labute approximate surface area is 168 Å². The minimum atomic E-state index is -0.384. The molecule has 0 radical (unpaired) electrons. The Morgan fingerprint density at radius 2 is 1.72 bits per heavy atom. The van der Waals surface area contributed by atoms with Gasteiger partial charge in [0.05, 0.1) is 16.5 Å². The van der Waals surface area contributed by atoms with E-state index in [1.807, 2.05) is 36.4 Å². The van der Waals surface area contributed by atoms with Gasteiger partial charge in [0, 0.05) is 24.4 Å². The third-order valence-corrected chi connectivity index (χ3v) is 5.09. The molecule has 0 saturated carbocycles. The zero-order chi connectivity index (χ0) is 20.2. The molecule has 3 aromatic rings. The van der Waals surface area contributed by atoms with Gasteiger partial charge in [-0.05, 0) is 35.7 Å². The van der Waals surface area contributed by atoms with E-state index in [1.54, 1.807) is 36.4 Å². The molecule has 29 heavy (non-hydrogen) atoms. The number of carbonyl (C=O) groups is 1. The van der Waals surface area contributed by atoms with Crippen LogP contribution in [0.25, 0.3) is 0 Å². The minimum absolute atomic E-state index is 0.0744. The molecule has 0 saturated heterocycles. The standard InChI is InChI=1S/C23H20N2O4/c26-23(18-9-5-2-6-10-18)29-16-21-14-19-13-20(25(27)28)11-12-22(19)24(21)15-17-7-3-1-4-8-17/h1-13,21H,14-16H2/t21-/m1/s1. The predicted octanol–water partition coefficient (Wildman–Crippen LogP) is 4.38. The van der Waals surface area contributed by atoms with Crippen LogP contribution in [0.4, 0.5) is 11.4 Å². The Morgan fingerprint density at radius 1 is 1.03 bits per heavy atom. The van der Waals surface area contributed by atoms with Crippen molar-refractivity contribution in [2.75, 3.05) is 11.5 Å². The first-order valence-corrected chi connectivity index (χ1v) is 9.42. The third-order valence-electron chi connectivity index (χ3n) is 5.09. The maximum atomic E-state index is 12.4. The molecule has 1 heterocycles. The highest BCUT2D eigenvalue weighted by atomic mass is 16.6. The first kappa shape index (κ1) is 18.7. The van der Waals surface area contributed by atoms with Gasteiger partial charge in [-0.1, -0.05) is 48.5 Å². The number of esters is 1. The van der Waals surface area contributed by atoms with Crippen LogP contribution in [0.2, 0.25) is 0 Å². The molecule has 1 aliphatic heterocycles. The molecule has 0 spiro atoms. The molecule has 0 unspecified atom stereocenters. The van der Waals surface area contributed by atoms with Crippen LogP contribution in [0.3, 0.4) is 0 Å². The first-order valence-electron chi connectivity index (χ1n) is 9.42. The average Bonchev–Trinajstić information content (AvgIpc) is 3.10. The van der Waals surface area contributed by atoms with E-state index in [1.165, 1.54) is 6.07 Å². The number of fused-ring (bicyclic) bond motifs is 1. The van der Waals surface area contributed by atoms with Gasteiger partial charge >= 0.3 is 5.97 Å². The summed E-state index contributed by atoms with van der Waals surface area (Å²) in [4.78, 5) is 25.3. The molecular weight excluding hydrogens is 368 g/mol. The van der Waals surface area contributed by atoms with Crippen molar-refractivity contribution in [3.05, 3.63) is 106 Å². The number of hydrogen-bond acceptors (Lipinski definition) is 5. The maximum absolute atomic E-state index is 12.4. The Balaban J connectivity index is 1.55. The summed E-state index contributed by atoms with van der Waals surface area (Å²) in [5.74, 6) is -0.368. The van der Waals surface area contributed by atoms with Gasteiger partial charge < -0.3 is 9.64 Å². The summed E-state index contributed by atoms with van der Waals surface area (Å²) in [6.07, 6.45) is 0.589. The van der Waals surface area contributed by atoms with Gasteiger partial charge in [0.15, 0.2) is 0 Å². The van der Waals surface area contributed by atoms with Gasteiger partial charge in [-0.2, -0.15) is 0 Å². The van der Waals surface area contributed by atoms with Crippen molar-refractivity contribution in [1.82, 2.24) is 0 Å². The predicted molar refractivity (Wildman–Crippen MR) is 110 cm³/mol. The molecule has 6 heteroatoms. The fourth-order valence-corrected chi connectivity index (χ4v) is 3.66. The van der Waals surface area contributed by atoms with E-state index in [0.29, 0.717) is 18.5 Å². The molecular formula is C23H20N2O4. The molecule has 146 valence electrons. The van der Waals surface area contributed by atoms with Crippen molar-refractivity contribution in [2.45, 2.75) is 19.0 Å². The minimum Gasteiger partial charge on any atom is -0.460 e. The van der Waals surface area contributed by atoms with E-state index in [0.717, 1.165) is 16.8 Å². The molecule has 0 bridgehead atoms. The number of ether oxygens (including phenoxy) is 1. The van der Waals surface area contributed by atoms with Crippen LogP contribution in [0, 0.1) is 10.1 Å². The molecule has 0 fully saturated rings. The molecule has 0 aromatic heterocycles. The third kappa shape index (κ3) is 4.11. The van der Waals surface area contributed by atoms with Gasteiger partial charge in [-0.15, -0.1) is 0 Å². The number of benzene rings is 3. The lowest BCUT2D eigenvalue weighted by molar-refractivity contribution is -0.384. The van der Waals surface area contributed by atoms with Crippen LogP contribution >= 0.6 is 0 Å². The second-order valence-corrected chi connectivity index (χ2v) is 7.01.